The standard InChI is InChI=1S/C12H17ClFNS/c1-8(16-3)7-15-9(2)10-4-5-12(14)11(13)6-10/h4-6,8-9,15H,7H2,1-3H3. The summed E-state index contributed by atoms with van der Waals surface area (Å²) in [6.07, 6.45) is 2.09. The second-order valence-corrected chi connectivity index (χ2v) is 5.53. The van der Waals surface area contributed by atoms with Gasteiger partial charge >= 0.3 is 0 Å². The normalized spacial score (nSPS) is 14.8. The number of benzene rings is 1. The molecule has 0 amide bonds. The van der Waals surface area contributed by atoms with Crippen LogP contribution in [0.1, 0.15) is 25.5 Å². The lowest BCUT2D eigenvalue weighted by Gasteiger charge is -2.17. The van der Waals surface area contributed by atoms with Crippen LogP contribution in [0, 0.1) is 5.82 Å². The fourth-order valence-corrected chi connectivity index (χ4v) is 1.78. The van der Waals surface area contributed by atoms with E-state index >= 15 is 0 Å². The lowest BCUT2D eigenvalue weighted by Crippen LogP contribution is -2.25. The molecule has 0 aliphatic rings. The average molecular weight is 262 g/mol. The van der Waals surface area contributed by atoms with Gasteiger partial charge in [0.05, 0.1) is 5.02 Å². The first-order chi connectivity index (χ1) is 7.54. The predicted molar refractivity (Wildman–Crippen MR) is 70.8 cm³/mol. The van der Waals surface area contributed by atoms with E-state index < -0.39 is 0 Å². The number of nitrogens with one attached hydrogen (secondary N) is 1. The van der Waals surface area contributed by atoms with Crippen molar-refractivity contribution in [2.45, 2.75) is 25.1 Å². The molecule has 0 aliphatic carbocycles. The quantitative estimate of drug-likeness (QED) is 0.863. The number of hydrogen-bond donors (Lipinski definition) is 1. The molecular formula is C12H17ClFNS. The van der Waals surface area contributed by atoms with Crippen molar-refractivity contribution in [2.24, 2.45) is 0 Å². The van der Waals surface area contributed by atoms with E-state index in [4.69, 9.17) is 11.6 Å². The van der Waals surface area contributed by atoms with Crippen LogP contribution in [0.2, 0.25) is 5.02 Å². The Balaban J connectivity index is 2.59. The summed E-state index contributed by atoms with van der Waals surface area (Å²) in [6.45, 7) is 5.15. The molecule has 2 unspecified atom stereocenters. The van der Waals surface area contributed by atoms with Gasteiger partial charge in [-0.05, 0) is 30.9 Å². The Kier molecular flexibility index (Phi) is 5.59. The van der Waals surface area contributed by atoms with Gasteiger partial charge < -0.3 is 5.32 Å². The Morgan fingerprint density at radius 2 is 2.12 bits per heavy atom. The number of thioether (sulfide) groups is 1. The van der Waals surface area contributed by atoms with E-state index in [2.05, 4.69) is 25.4 Å². The zero-order valence-corrected chi connectivity index (χ0v) is 11.3. The van der Waals surface area contributed by atoms with Gasteiger partial charge in [0, 0.05) is 17.8 Å². The molecule has 0 fully saturated rings. The first-order valence-corrected chi connectivity index (χ1v) is 6.92. The van der Waals surface area contributed by atoms with Crippen LogP contribution in [-0.4, -0.2) is 18.1 Å². The second kappa shape index (κ2) is 6.48. The SMILES string of the molecule is CSC(C)CNC(C)c1ccc(F)c(Cl)c1. The van der Waals surface area contributed by atoms with Crippen LogP contribution in [-0.2, 0) is 0 Å². The summed E-state index contributed by atoms with van der Waals surface area (Å²) >= 11 is 7.56. The number of hydrogen-bond acceptors (Lipinski definition) is 2. The molecule has 0 spiro atoms. The van der Waals surface area contributed by atoms with Crippen molar-refractivity contribution in [1.82, 2.24) is 5.32 Å². The molecule has 1 aromatic rings. The third kappa shape index (κ3) is 3.96. The van der Waals surface area contributed by atoms with Crippen molar-refractivity contribution in [3.63, 3.8) is 0 Å². The van der Waals surface area contributed by atoms with Gasteiger partial charge in [-0.15, -0.1) is 0 Å². The van der Waals surface area contributed by atoms with Gasteiger partial charge in [0.2, 0.25) is 0 Å². The number of halogens is 2. The van der Waals surface area contributed by atoms with Gasteiger partial charge in [-0.1, -0.05) is 24.6 Å². The highest BCUT2D eigenvalue weighted by Gasteiger charge is 2.09. The van der Waals surface area contributed by atoms with Crippen LogP contribution in [0.4, 0.5) is 4.39 Å². The van der Waals surface area contributed by atoms with E-state index in [9.17, 15) is 4.39 Å². The third-order valence-corrected chi connectivity index (χ3v) is 3.82. The Labute approximate surface area is 106 Å². The van der Waals surface area contributed by atoms with Crippen LogP contribution in [0.5, 0.6) is 0 Å². The van der Waals surface area contributed by atoms with Crippen LogP contribution in [0.15, 0.2) is 18.2 Å². The summed E-state index contributed by atoms with van der Waals surface area (Å²) in [6, 6.07) is 5.04. The highest BCUT2D eigenvalue weighted by molar-refractivity contribution is 7.99. The maximum atomic E-state index is 13.0. The molecule has 4 heteroatoms. The molecule has 0 radical (unpaired) electrons. The second-order valence-electron chi connectivity index (χ2n) is 3.85. The maximum Gasteiger partial charge on any atom is 0.141 e. The predicted octanol–water partition coefficient (Wildman–Crippen LogP) is 3.88. The summed E-state index contributed by atoms with van der Waals surface area (Å²) in [7, 11) is 0. The van der Waals surface area contributed by atoms with Crippen molar-refractivity contribution >= 4 is 23.4 Å². The summed E-state index contributed by atoms with van der Waals surface area (Å²) in [4.78, 5) is 0. The first-order valence-electron chi connectivity index (χ1n) is 5.25. The molecule has 0 bridgehead atoms. The maximum absolute atomic E-state index is 13.0. The monoisotopic (exact) mass is 261 g/mol. The van der Waals surface area contributed by atoms with E-state index in [0.717, 1.165) is 12.1 Å². The van der Waals surface area contributed by atoms with Gasteiger partial charge in [0.1, 0.15) is 5.82 Å². The molecular weight excluding hydrogens is 245 g/mol. The van der Waals surface area contributed by atoms with E-state index in [1.165, 1.54) is 6.07 Å². The van der Waals surface area contributed by atoms with E-state index in [1.807, 2.05) is 11.8 Å². The van der Waals surface area contributed by atoms with E-state index in [1.54, 1.807) is 12.1 Å². The fourth-order valence-electron chi connectivity index (χ4n) is 1.33. The summed E-state index contributed by atoms with van der Waals surface area (Å²) < 4.78 is 13.0. The Bertz CT molecular complexity index is 346. The highest BCUT2D eigenvalue weighted by Crippen LogP contribution is 2.20. The Morgan fingerprint density at radius 3 is 2.69 bits per heavy atom. The Morgan fingerprint density at radius 1 is 1.44 bits per heavy atom. The zero-order chi connectivity index (χ0) is 12.1. The van der Waals surface area contributed by atoms with E-state index in [0.29, 0.717) is 5.25 Å². The third-order valence-electron chi connectivity index (χ3n) is 2.56. The molecule has 16 heavy (non-hydrogen) atoms. The largest absolute Gasteiger partial charge is 0.309 e. The fraction of sp³-hybridized carbons (Fsp3) is 0.500. The van der Waals surface area contributed by atoms with Crippen LogP contribution < -0.4 is 5.32 Å². The minimum absolute atomic E-state index is 0.184. The average Bonchev–Trinajstić information content (AvgIpc) is 2.29. The van der Waals surface area contributed by atoms with Gasteiger partial charge in [-0.2, -0.15) is 11.8 Å². The molecule has 0 saturated carbocycles. The van der Waals surface area contributed by atoms with Crippen molar-refractivity contribution < 1.29 is 4.39 Å². The van der Waals surface area contributed by atoms with Crippen molar-refractivity contribution in [3.05, 3.63) is 34.6 Å². The summed E-state index contributed by atoms with van der Waals surface area (Å²) in [5.41, 5.74) is 1.01. The van der Waals surface area contributed by atoms with Crippen molar-refractivity contribution in [2.75, 3.05) is 12.8 Å². The smallest absolute Gasteiger partial charge is 0.141 e. The zero-order valence-electron chi connectivity index (χ0n) is 9.76. The first kappa shape index (κ1) is 13.8. The van der Waals surface area contributed by atoms with Crippen LogP contribution in [0.3, 0.4) is 0 Å². The van der Waals surface area contributed by atoms with E-state index in [-0.39, 0.29) is 16.9 Å². The highest BCUT2D eigenvalue weighted by atomic mass is 35.5. The molecule has 0 aliphatic heterocycles. The summed E-state index contributed by atoms with van der Waals surface area (Å²) in [5.74, 6) is -0.366. The van der Waals surface area contributed by atoms with Gasteiger partial charge in [0.25, 0.3) is 0 Å². The molecule has 90 valence electrons. The molecule has 1 nitrogen and oxygen atoms in total. The molecule has 1 rings (SSSR count). The van der Waals surface area contributed by atoms with Crippen molar-refractivity contribution in [1.29, 1.82) is 0 Å². The summed E-state index contributed by atoms with van der Waals surface area (Å²) in [5, 5.41) is 4.15. The Hall–Kier alpha value is -0.250. The lowest BCUT2D eigenvalue weighted by atomic mass is 10.1. The van der Waals surface area contributed by atoms with Gasteiger partial charge in [-0.3, -0.25) is 0 Å². The molecule has 0 aromatic heterocycles. The van der Waals surface area contributed by atoms with Crippen LogP contribution >= 0.6 is 23.4 Å². The van der Waals surface area contributed by atoms with Crippen LogP contribution in [0.25, 0.3) is 0 Å². The number of rotatable bonds is 5. The van der Waals surface area contributed by atoms with Gasteiger partial charge in [-0.25, -0.2) is 4.39 Å². The van der Waals surface area contributed by atoms with Gasteiger partial charge in [0.15, 0.2) is 0 Å². The lowest BCUT2D eigenvalue weighted by molar-refractivity contribution is 0.572. The minimum Gasteiger partial charge on any atom is -0.309 e. The molecule has 0 heterocycles. The molecule has 0 saturated heterocycles. The minimum atomic E-state index is -0.366. The van der Waals surface area contributed by atoms with Crippen molar-refractivity contribution in [3.8, 4) is 0 Å². The topological polar surface area (TPSA) is 12.0 Å². The molecule has 2 atom stereocenters. The molecule has 1 N–H and O–H groups in total. The molecule has 1 aromatic carbocycles.